The van der Waals surface area contributed by atoms with Gasteiger partial charge in [-0.1, -0.05) is 72.8 Å². The quantitative estimate of drug-likeness (QED) is 0.0558. The molecular weight excluding hydrogens is 1510 g/mol. The second-order valence-electron chi connectivity index (χ2n) is 20.5. The Bertz CT molecular complexity index is 3320. The van der Waals surface area contributed by atoms with Gasteiger partial charge in [0.05, 0.1) is 67.4 Å². The topological polar surface area (TPSA) is 55.4 Å². The van der Waals surface area contributed by atoms with Crippen molar-refractivity contribution < 1.29 is 170 Å². The van der Waals surface area contributed by atoms with Gasteiger partial charge in [0.2, 0.25) is 6.29 Å². The number of alkyl halides is 24. The van der Waals surface area contributed by atoms with Crippen molar-refractivity contribution in [1.82, 2.24) is 0 Å². The number of benzene rings is 6. The molecule has 3 aliphatic rings. The Labute approximate surface area is 545 Å². The Morgan fingerprint density at radius 1 is 0.361 bits per heavy atom. The molecule has 533 valence electrons. The zero-order valence-electron chi connectivity index (χ0n) is 47.8. The van der Waals surface area contributed by atoms with Gasteiger partial charge in [0.25, 0.3) is 0 Å². The van der Waals surface area contributed by atoms with Gasteiger partial charge in [0.1, 0.15) is 24.1 Å². The summed E-state index contributed by atoms with van der Waals surface area (Å²) in [6.07, 6.45) is -46.9. The van der Waals surface area contributed by atoms with E-state index in [0.717, 1.165) is 12.1 Å². The smallest absolute Gasteiger partial charge is 0.462 e. The molecule has 1 unspecified atom stereocenters. The van der Waals surface area contributed by atoms with E-state index < -0.39 is 212 Å². The fourth-order valence-electron chi connectivity index (χ4n) is 9.15. The zero-order valence-corrected chi connectivity index (χ0v) is 51.3. The molecule has 1 radical (unpaired) electrons. The number of hydrogen-bond donors (Lipinski definition) is 0. The van der Waals surface area contributed by atoms with Crippen LogP contribution in [0.15, 0.2) is 158 Å². The predicted molar refractivity (Wildman–Crippen MR) is 291 cm³/mol. The van der Waals surface area contributed by atoms with Crippen LogP contribution in [0.5, 0.6) is 5.75 Å². The maximum Gasteiger partial charge on any atom is 0.673 e. The summed E-state index contributed by atoms with van der Waals surface area (Å²) in [4.78, 5) is 0. The Morgan fingerprint density at radius 3 is 0.907 bits per heavy atom. The molecule has 0 aromatic heterocycles. The first-order chi connectivity index (χ1) is 44.1. The number of hydrogen-bond acceptors (Lipinski definition) is 6. The average Bonchev–Trinajstić information content (AvgIpc) is 0.753. The van der Waals surface area contributed by atoms with Gasteiger partial charge < -0.3 is 45.3 Å². The van der Waals surface area contributed by atoms with Crippen molar-refractivity contribution in [2.24, 2.45) is 0 Å². The van der Waals surface area contributed by atoms with Crippen molar-refractivity contribution in [3.05, 3.63) is 208 Å². The Balaban J connectivity index is 0.000000956. The summed E-state index contributed by atoms with van der Waals surface area (Å²) in [6.45, 7) is -0.840. The SMILES string of the molecule is C1=C\CC/C=C\CC/1.FC(F)(F)c1cc(P(O[C@@H]2[C@@H](OP(c3cc(C(F)(F)F)cc(C(F)(F)F)c3)c3cc(C(F)(F)F)cc(C(F)(F)F)c3)[C@H](Oc3ccccc3)O[C@@H]3COC(c4ccccc4)O[C@@H]23)c2cc(C(F)(F)F)cc(C(F)(F)F)c2)cc(C(F)(F)F)c1.F[B-](F)(F)F.[Rh]. The summed E-state index contributed by atoms with van der Waals surface area (Å²) in [7, 11) is -14.5. The average molecular weight is 1550 g/mol. The molecule has 0 saturated carbocycles. The van der Waals surface area contributed by atoms with Gasteiger partial charge in [0.15, 0.2) is 12.4 Å². The van der Waals surface area contributed by atoms with Crippen molar-refractivity contribution in [3.8, 4) is 5.75 Å². The molecule has 2 aliphatic heterocycles. The molecule has 6 aromatic rings. The van der Waals surface area contributed by atoms with E-state index in [1.807, 2.05) is 0 Å². The van der Waals surface area contributed by atoms with Crippen LogP contribution in [0.3, 0.4) is 0 Å². The molecule has 0 spiro atoms. The van der Waals surface area contributed by atoms with E-state index >= 15 is 0 Å². The predicted octanol–water partition coefficient (Wildman–Crippen LogP) is 19.9. The van der Waals surface area contributed by atoms with Gasteiger partial charge in [-0.05, 0) is 111 Å². The maximum atomic E-state index is 14.7. The van der Waals surface area contributed by atoms with Crippen molar-refractivity contribution in [1.29, 1.82) is 0 Å². The Kier molecular flexibility index (Phi) is 25.8. The van der Waals surface area contributed by atoms with Crippen LogP contribution in [-0.4, -0.2) is 44.6 Å². The van der Waals surface area contributed by atoms with E-state index in [2.05, 4.69) is 24.3 Å². The third-order valence-electron chi connectivity index (χ3n) is 13.4. The normalized spacial score (nSPS) is 20.6. The van der Waals surface area contributed by atoms with E-state index in [0.29, 0.717) is 0 Å². The van der Waals surface area contributed by atoms with Crippen LogP contribution in [0.4, 0.5) is 123 Å². The molecule has 0 bridgehead atoms. The van der Waals surface area contributed by atoms with Crippen LogP contribution >= 0.6 is 16.3 Å². The first-order valence-electron chi connectivity index (χ1n) is 27.1. The molecule has 0 N–H and O–H groups in total. The van der Waals surface area contributed by atoms with Gasteiger partial charge in [-0.15, -0.1) is 0 Å². The molecular formula is C59H42BF28O6P2Rh-. The molecule has 6 atom stereocenters. The standard InChI is InChI=1S/C51H30F24O6P2.C8H12.BF4.Rh/c52-44(53,54)25-11-26(45(55,56)57)16-34(15-25)82(35-17-27(46(58,59)60)12-28(18-35)47(61,62)63)80-40-39-38(23-76-42(79-39)24-7-3-1-4-8-24)78-43(77-33-9-5-2-6-10-33)41(40)81-83(36-19-29(48(64,65)66)13-30(20-36)49(67,68)69)37-21-31(50(70,71)72)14-32(22-37)51(73,74)75;1-2-4-6-8-7-5-3-1;2-1(3,4)5;/h1-22,38-43H,23H2;1-2,7-8H,3-6H2;;/q;;-1;/b;2-1-,8-7-;;/t38-,39-,40+,41-,42?,43-;;;/m1.../s1. The molecule has 2 saturated heterocycles. The summed E-state index contributed by atoms with van der Waals surface area (Å²) < 4.78 is 427. The van der Waals surface area contributed by atoms with Crippen molar-refractivity contribution >= 4 is 44.8 Å². The van der Waals surface area contributed by atoms with Gasteiger partial charge in [-0.25, -0.2) is 0 Å². The first-order valence-corrected chi connectivity index (χ1v) is 29.6. The van der Waals surface area contributed by atoms with E-state index in [-0.39, 0.29) is 73.6 Å². The van der Waals surface area contributed by atoms with Crippen LogP contribution in [-0.2, 0) is 92.1 Å². The summed E-state index contributed by atoms with van der Waals surface area (Å²) >= 11 is 0. The maximum absolute atomic E-state index is 14.7. The number of rotatable bonds is 11. The number of allylic oxidation sites excluding steroid dienone is 4. The summed E-state index contributed by atoms with van der Waals surface area (Å²) in [5.41, 5.74) is -18.2. The Hall–Kier alpha value is -6.01. The number of fused-ring (bicyclic) bond motifs is 1. The van der Waals surface area contributed by atoms with Gasteiger partial charge in [0, 0.05) is 46.3 Å². The first kappa shape index (κ1) is 80.0. The van der Waals surface area contributed by atoms with E-state index in [1.54, 1.807) is 0 Å². The summed E-state index contributed by atoms with van der Waals surface area (Å²) in [5, 5.41) is -6.17. The monoisotopic (exact) mass is 1550 g/mol. The minimum absolute atomic E-state index is 0. The second kappa shape index (κ2) is 31.3. The molecule has 6 aromatic carbocycles. The largest absolute Gasteiger partial charge is 0.673 e. The van der Waals surface area contributed by atoms with Crippen molar-refractivity contribution in [3.63, 3.8) is 0 Å². The third-order valence-corrected chi connectivity index (χ3v) is 17.2. The molecule has 2 heterocycles. The van der Waals surface area contributed by atoms with E-state index in [9.17, 15) is 123 Å². The van der Waals surface area contributed by atoms with Crippen molar-refractivity contribution in [2.75, 3.05) is 6.61 Å². The Morgan fingerprint density at radius 2 is 0.629 bits per heavy atom. The van der Waals surface area contributed by atoms with E-state index in [1.165, 1.54) is 74.2 Å². The van der Waals surface area contributed by atoms with E-state index in [4.69, 9.17) is 28.0 Å². The second-order valence-corrected chi connectivity index (χ2v) is 24.2. The number of para-hydroxylation sites is 1. The van der Waals surface area contributed by atoms with Crippen LogP contribution in [0, 0.1) is 0 Å². The molecule has 9 rings (SSSR count). The van der Waals surface area contributed by atoms with Crippen LogP contribution in [0.1, 0.15) is 82.0 Å². The van der Waals surface area contributed by atoms with Gasteiger partial charge >= 0.3 is 56.7 Å². The van der Waals surface area contributed by atoms with Crippen molar-refractivity contribution in [2.45, 2.75) is 112 Å². The third kappa shape index (κ3) is 22.8. The van der Waals surface area contributed by atoms with Crippen LogP contribution in [0.25, 0.3) is 0 Å². The minimum atomic E-state index is -6.00. The summed E-state index contributed by atoms with van der Waals surface area (Å²) in [6, 6.07) is 9.00. The molecule has 0 amide bonds. The summed E-state index contributed by atoms with van der Waals surface area (Å²) in [5.74, 6) is -0.424. The van der Waals surface area contributed by atoms with Gasteiger partial charge in [-0.2, -0.15) is 105 Å². The molecule has 1 aliphatic carbocycles. The molecule has 97 heavy (non-hydrogen) atoms. The molecule has 2 fully saturated rings. The number of halogens is 28. The van der Waals surface area contributed by atoms with Crippen LogP contribution < -0.4 is 26.0 Å². The number of ether oxygens (including phenoxy) is 4. The molecule has 6 nitrogen and oxygen atoms in total. The minimum Gasteiger partial charge on any atom is -0.462 e. The molecule has 38 heteroatoms. The van der Waals surface area contributed by atoms with Gasteiger partial charge in [-0.3, -0.25) is 0 Å². The fraction of sp³-hybridized carbons (Fsp3) is 0.322. The van der Waals surface area contributed by atoms with Crippen LogP contribution in [0.2, 0.25) is 0 Å². The fourth-order valence-corrected chi connectivity index (χ4v) is 13.2. The zero-order chi connectivity index (χ0) is 71.4.